The van der Waals surface area contributed by atoms with Gasteiger partial charge in [-0.25, -0.2) is 8.78 Å². The summed E-state index contributed by atoms with van der Waals surface area (Å²) < 4.78 is 26.2. The lowest BCUT2D eigenvalue weighted by Gasteiger charge is -2.10. The van der Waals surface area contributed by atoms with Crippen LogP contribution in [0.5, 0.6) is 0 Å². The fourth-order valence-corrected chi connectivity index (χ4v) is 1.43. The topological polar surface area (TPSA) is 33.1 Å². The standard InChI is InChI=1S/C12H9F2NO/c13-9-4-1-3-8(7-9)12(16)11-10(14)5-2-6-15-11/h1-7,12,16H. The van der Waals surface area contributed by atoms with Crippen molar-refractivity contribution in [2.24, 2.45) is 0 Å². The minimum Gasteiger partial charge on any atom is -0.382 e. The minimum atomic E-state index is -1.25. The second kappa shape index (κ2) is 4.37. The highest BCUT2D eigenvalue weighted by atomic mass is 19.1. The van der Waals surface area contributed by atoms with Crippen LogP contribution in [-0.2, 0) is 0 Å². The van der Waals surface area contributed by atoms with E-state index in [4.69, 9.17) is 0 Å². The van der Waals surface area contributed by atoms with Gasteiger partial charge in [0, 0.05) is 6.20 Å². The Hall–Kier alpha value is -1.81. The molecule has 0 radical (unpaired) electrons. The number of aromatic nitrogens is 1. The second-order valence-corrected chi connectivity index (χ2v) is 3.33. The highest BCUT2D eigenvalue weighted by Crippen LogP contribution is 2.22. The predicted octanol–water partition coefficient (Wildman–Crippen LogP) is 2.44. The monoisotopic (exact) mass is 221 g/mol. The Bertz CT molecular complexity index is 502. The van der Waals surface area contributed by atoms with E-state index in [-0.39, 0.29) is 11.3 Å². The Balaban J connectivity index is 2.39. The third-order valence-corrected chi connectivity index (χ3v) is 2.21. The van der Waals surface area contributed by atoms with Gasteiger partial charge in [0.15, 0.2) is 0 Å². The first-order valence-electron chi connectivity index (χ1n) is 4.72. The van der Waals surface area contributed by atoms with Gasteiger partial charge in [0.05, 0.1) is 0 Å². The SMILES string of the molecule is OC(c1cccc(F)c1)c1ncccc1F. The van der Waals surface area contributed by atoms with Gasteiger partial charge < -0.3 is 5.11 Å². The maximum atomic E-state index is 13.3. The molecule has 1 unspecified atom stereocenters. The first-order chi connectivity index (χ1) is 7.68. The Morgan fingerprint density at radius 2 is 1.94 bits per heavy atom. The number of aliphatic hydroxyl groups is 1. The molecule has 0 saturated carbocycles. The van der Waals surface area contributed by atoms with E-state index in [1.165, 1.54) is 36.5 Å². The van der Waals surface area contributed by atoms with Gasteiger partial charge in [-0.2, -0.15) is 0 Å². The molecule has 0 amide bonds. The predicted molar refractivity (Wildman–Crippen MR) is 54.7 cm³/mol. The Labute approximate surface area is 91.2 Å². The van der Waals surface area contributed by atoms with Gasteiger partial charge in [0.25, 0.3) is 0 Å². The maximum absolute atomic E-state index is 13.3. The Morgan fingerprint density at radius 1 is 1.12 bits per heavy atom. The molecular weight excluding hydrogens is 212 g/mol. The van der Waals surface area contributed by atoms with Gasteiger partial charge in [0.2, 0.25) is 0 Å². The highest BCUT2D eigenvalue weighted by Gasteiger charge is 2.16. The smallest absolute Gasteiger partial charge is 0.147 e. The van der Waals surface area contributed by atoms with Crippen LogP contribution in [0.25, 0.3) is 0 Å². The van der Waals surface area contributed by atoms with Gasteiger partial charge >= 0.3 is 0 Å². The lowest BCUT2D eigenvalue weighted by atomic mass is 10.1. The van der Waals surface area contributed by atoms with Crippen molar-refractivity contribution in [1.29, 1.82) is 0 Å². The van der Waals surface area contributed by atoms with Crippen molar-refractivity contribution >= 4 is 0 Å². The number of aliphatic hydroxyl groups excluding tert-OH is 1. The molecule has 2 aromatic rings. The zero-order chi connectivity index (χ0) is 11.5. The lowest BCUT2D eigenvalue weighted by Crippen LogP contribution is -2.05. The van der Waals surface area contributed by atoms with E-state index < -0.39 is 17.7 Å². The molecule has 2 rings (SSSR count). The van der Waals surface area contributed by atoms with Gasteiger partial charge in [-0.3, -0.25) is 4.98 Å². The van der Waals surface area contributed by atoms with Crippen LogP contribution in [0.15, 0.2) is 42.6 Å². The number of hydrogen-bond acceptors (Lipinski definition) is 2. The molecule has 0 bridgehead atoms. The van der Waals surface area contributed by atoms with Crippen LogP contribution in [0.3, 0.4) is 0 Å². The van der Waals surface area contributed by atoms with E-state index in [0.717, 1.165) is 6.07 Å². The molecular formula is C12H9F2NO. The molecule has 1 atom stereocenters. The van der Waals surface area contributed by atoms with Crippen LogP contribution in [0.2, 0.25) is 0 Å². The van der Waals surface area contributed by atoms with E-state index in [9.17, 15) is 13.9 Å². The normalized spacial score (nSPS) is 12.4. The number of pyridine rings is 1. The third-order valence-electron chi connectivity index (χ3n) is 2.21. The van der Waals surface area contributed by atoms with Crippen LogP contribution in [0, 0.1) is 11.6 Å². The average Bonchev–Trinajstić information content (AvgIpc) is 2.29. The molecule has 0 saturated heterocycles. The summed E-state index contributed by atoms with van der Waals surface area (Å²) in [6.45, 7) is 0. The number of hydrogen-bond donors (Lipinski definition) is 1. The summed E-state index contributed by atoms with van der Waals surface area (Å²) in [6, 6.07) is 8.00. The van der Waals surface area contributed by atoms with Crippen LogP contribution in [0.1, 0.15) is 17.4 Å². The van der Waals surface area contributed by atoms with Gasteiger partial charge in [0.1, 0.15) is 23.4 Å². The molecule has 0 aliphatic rings. The van der Waals surface area contributed by atoms with Crippen molar-refractivity contribution in [2.75, 3.05) is 0 Å². The van der Waals surface area contributed by atoms with E-state index >= 15 is 0 Å². The largest absolute Gasteiger partial charge is 0.382 e. The number of benzene rings is 1. The zero-order valence-electron chi connectivity index (χ0n) is 8.27. The fourth-order valence-electron chi connectivity index (χ4n) is 1.43. The summed E-state index contributed by atoms with van der Waals surface area (Å²) in [5.41, 5.74) is 0.172. The summed E-state index contributed by atoms with van der Waals surface area (Å²) in [7, 11) is 0. The Kier molecular flexibility index (Phi) is 2.92. The molecule has 1 heterocycles. The quantitative estimate of drug-likeness (QED) is 0.844. The second-order valence-electron chi connectivity index (χ2n) is 3.33. The summed E-state index contributed by atoms with van der Waals surface area (Å²) in [6.07, 6.45) is 0.123. The number of rotatable bonds is 2. The van der Waals surface area contributed by atoms with Crippen LogP contribution in [-0.4, -0.2) is 10.1 Å². The summed E-state index contributed by atoms with van der Waals surface area (Å²) in [5.74, 6) is -1.09. The van der Waals surface area contributed by atoms with Crippen LogP contribution in [0.4, 0.5) is 8.78 Å². The molecule has 0 fully saturated rings. The van der Waals surface area contributed by atoms with Crippen LogP contribution < -0.4 is 0 Å². The fraction of sp³-hybridized carbons (Fsp3) is 0.0833. The van der Waals surface area contributed by atoms with Crippen LogP contribution >= 0.6 is 0 Å². The molecule has 0 spiro atoms. The Morgan fingerprint density at radius 3 is 2.62 bits per heavy atom. The lowest BCUT2D eigenvalue weighted by molar-refractivity contribution is 0.209. The molecule has 0 aliphatic heterocycles. The molecule has 0 aliphatic carbocycles. The number of nitrogens with zero attached hydrogens (tertiary/aromatic N) is 1. The van der Waals surface area contributed by atoms with E-state index in [1.807, 2.05) is 0 Å². The van der Waals surface area contributed by atoms with E-state index in [2.05, 4.69) is 4.98 Å². The minimum absolute atomic E-state index is 0.104. The molecule has 82 valence electrons. The third kappa shape index (κ3) is 2.06. The molecule has 16 heavy (non-hydrogen) atoms. The van der Waals surface area contributed by atoms with Crippen molar-refractivity contribution in [3.8, 4) is 0 Å². The van der Waals surface area contributed by atoms with E-state index in [1.54, 1.807) is 0 Å². The zero-order valence-corrected chi connectivity index (χ0v) is 8.27. The van der Waals surface area contributed by atoms with Crippen molar-refractivity contribution < 1.29 is 13.9 Å². The summed E-state index contributed by atoms with van der Waals surface area (Å²) in [5, 5.41) is 9.83. The van der Waals surface area contributed by atoms with Gasteiger partial charge in [-0.15, -0.1) is 0 Å². The van der Waals surface area contributed by atoms with Crippen molar-refractivity contribution in [3.63, 3.8) is 0 Å². The molecule has 1 aromatic heterocycles. The van der Waals surface area contributed by atoms with Gasteiger partial charge in [-0.05, 0) is 29.8 Å². The van der Waals surface area contributed by atoms with Crippen molar-refractivity contribution in [1.82, 2.24) is 4.98 Å². The summed E-state index contributed by atoms with van der Waals surface area (Å²) >= 11 is 0. The first kappa shape index (κ1) is 10.7. The number of halogens is 2. The first-order valence-corrected chi connectivity index (χ1v) is 4.72. The van der Waals surface area contributed by atoms with E-state index in [0.29, 0.717) is 0 Å². The molecule has 1 N–H and O–H groups in total. The summed E-state index contributed by atoms with van der Waals surface area (Å²) in [4.78, 5) is 3.74. The van der Waals surface area contributed by atoms with Gasteiger partial charge in [-0.1, -0.05) is 12.1 Å². The van der Waals surface area contributed by atoms with Crippen molar-refractivity contribution in [3.05, 3.63) is 65.5 Å². The average molecular weight is 221 g/mol. The molecule has 2 nitrogen and oxygen atoms in total. The van der Waals surface area contributed by atoms with Crippen molar-refractivity contribution in [2.45, 2.75) is 6.10 Å². The highest BCUT2D eigenvalue weighted by molar-refractivity contribution is 5.26. The molecule has 1 aromatic carbocycles. The molecule has 4 heteroatoms. The maximum Gasteiger partial charge on any atom is 0.147 e.